The van der Waals surface area contributed by atoms with Gasteiger partial charge in [0.05, 0.1) is 25.0 Å². The molecule has 0 aromatic carbocycles. The molecule has 0 unspecified atom stereocenters. The fourth-order valence-electron chi connectivity index (χ4n) is 2.07. The standard InChI is InChI=1S/C13H20O4/c1-4-16-12(14)10-7-6-9(3)8-11(10)13(15)17-5-2/h6,10-11H,4-5,7-8H2,1-3H3/t10-,11-/m1/s1. The average molecular weight is 240 g/mol. The van der Waals surface area contributed by atoms with E-state index in [1.807, 2.05) is 13.0 Å². The van der Waals surface area contributed by atoms with Crippen molar-refractivity contribution in [3.05, 3.63) is 11.6 Å². The van der Waals surface area contributed by atoms with Crippen molar-refractivity contribution >= 4 is 11.9 Å². The van der Waals surface area contributed by atoms with Gasteiger partial charge in [0.15, 0.2) is 0 Å². The zero-order chi connectivity index (χ0) is 12.8. The Labute approximate surface area is 102 Å². The third kappa shape index (κ3) is 3.58. The van der Waals surface area contributed by atoms with Crippen LogP contribution in [0.2, 0.25) is 0 Å². The maximum Gasteiger partial charge on any atom is 0.310 e. The molecule has 2 atom stereocenters. The number of allylic oxidation sites excluding steroid dienone is 2. The topological polar surface area (TPSA) is 52.6 Å². The average Bonchev–Trinajstić information content (AvgIpc) is 2.29. The Kier molecular flexibility index (Phi) is 5.19. The zero-order valence-corrected chi connectivity index (χ0v) is 10.7. The summed E-state index contributed by atoms with van der Waals surface area (Å²) in [5, 5.41) is 0. The summed E-state index contributed by atoms with van der Waals surface area (Å²) in [5.74, 6) is -1.37. The maximum absolute atomic E-state index is 11.8. The molecule has 0 aliphatic heterocycles. The largest absolute Gasteiger partial charge is 0.466 e. The predicted octanol–water partition coefficient (Wildman–Crippen LogP) is 2.09. The highest BCUT2D eigenvalue weighted by Gasteiger charge is 2.37. The molecule has 0 spiro atoms. The first kappa shape index (κ1) is 13.7. The minimum Gasteiger partial charge on any atom is -0.466 e. The van der Waals surface area contributed by atoms with Crippen molar-refractivity contribution in [2.45, 2.75) is 33.6 Å². The van der Waals surface area contributed by atoms with E-state index in [9.17, 15) is 9.59 Å². The lowest BCUT2D eigenvalue weighted by Gasteiger charge is -2.27. The monoisotopic (exact) mass is 240 g/mol. The quantitative estimate of drug-likeness (QED) is 0.557. The van der Waals surface area contributed by atoms with Crippen LogP contribution in [0.25, 0.3) is 0 Å². The molecule has 0 fully saturated rings. The van der Waals surface area contributed by atoms with Crippen LogP contribution in [0, 0.1) is 11.8 Å². The third-order valence-electron chi connectivity index (χ3n) is 2.93. The highest BCUT2D eigenvalue weighted by atomic mass is 16.5. The SMILES string of the molecule is CCOC(=O)[C@@H]1CC=C(C)C[C@H]1C(=O)OCC. The first-order chi connectivity index (χ1) is 8.10. The molecule has 0 N–H and O–H groups in total. The smallest absolute Gasteiger partial charge is 0.310 e. The Bertz CT molecular complexity index is 319. The van der Waals surface area contributed by atoms with Gasteiger partial charge in [-0.3, -0.25) is 9.59 Å². The van der Waals surface area contributed by atoms with Gasteiger partial charge in [0.2, 0.25) is 0 Å². The van der Waals surface area contributed by atoms with Gasteiger partial charge in [-0.05, 0) is 33.6 Å². The van der Waals surface area contributed by atoms with Crippen LogP contribution in [-0.4, -0.2) is 25.2 Å². The maximum atomic E-state index is 11.8. The Morgan fingerprint density at radius 1 is 1.18 bits per heavy atom. The van der Waals surface area contributed by atoms with E-state index in [0.717, 1.165) is 5.57 Å². The molecule has 17 heavy (non-hydrogen) atoms. The molecule has 4 heteroatoms. The highest BCUT2D eigenvalue weighted by Crippen LogP contribution is 2.31. The number of ether oxygens (including phenoxy) is 2. The summed E-state index contributed by atoms with van der Waals surface area (Å²) < 4.78 is 10.0. The molecule has 1 aliphatic carbocycles. The summed E-state index contributed by atoms with van der Waals surface area (Å²) in [6.07, 6.45) is 3.15. The molecule has 0 amide bonds. The summed E-state index contributed by atoms with van der Waals surface area (Å²) in [4.78, 5) is 23.6. The summed E-state index contributed by atoms with van der Waals surface area (Å²) in [6.45, 7) is 6.18. The van der Waals surface area contributed by atoms with Crippen LogP contribution >= 0.6 is 0 Å². The molecular weight excluding hydrogens is 220 g/mol. The number of carbonyl (C=O) groups excluding carboxylic acids is 2. The Balaban J connectivity index is 2.77. The molecule has 0 saturated heterocycles. The van der Waals surface area contributed by atoms with E-state index in [2.05, 4.69) is 0 Å². The molecular formula is C13H20O4. The Hall–Kier alpha value is -1.32. The third-order valence-corrected chi connectivity index (χ3v) is 2.93. The molecule has 0 radical (unpaired) electrons. The first-order valence-electron chi connectivity index (χ1n) is 6.09. The van der Waals surface area contributed by atoms with Crippen molar-refractivity contribution < 1.29 is 19.1 Å². The Morgan fingerprint density at radius 3 is 2.24 bits per heavy atom. The van der Waals surface area contributed by atoms with E-state index < -0.39 is 5.92 Å². The molecule has 0 heterocycles. The van der Waals surface area contributed by atoms with Crippen LogP contribution in [0.4, 0.5) is 0 Å². The van der Waals surface area contributed by atoms with Crippen molar-refractivity contribution in [2.75, 3.05) is 13.2 Å². The first-order valence-corrected chi connectivity index (χ1v) is 6.09. The lowest BCUT2D eigenvalue weighted by atomic mass is 9.80. The second kappa shape index (κ2) is 6.42. The lowest BCUT2D eigenvalue weighted by Crippen LogP contribution is -2.34. The van der Waals surface area contributed by atoms with Crippen molar-refractivity contribution in [1.29, 1.82) is 0 Å². The van der Waals surface area contributed by atoms with E-state index in [-0.39, 0.29) is 17.9 Å². The minimum atomic E-state index is -0.391. The van der Waals surface area contributed by atoms with Crippen LogP contribution in [0.5, 0.6) is 0 Å². The van der Waals surface area contributed by atoms with Crippen LogP contribution in [0.3, 0.4) is 0 Å². The zero-order valence-electron chi connectivity index (χ0n) is 10.7. The van der Waals surface area contributed by atoms with E-state index in [0.29, 0.717) is 26.1 Å². The number of rotatable bonds is 4. The highest BCUT2D eigenvalue weighted by molar-refractivity contribution is 5.83. The van der Waals surface area contributed by atoms with Crippen LogP contribution < -0.4 is 0 Å². The molecule has 4 nitrogen and oxygen atoms in total. The van der Waals surface area contributed by atoms with E-state index >= 15 is 0 Å². The van der Waals surface area contributed by atoms with Gasteiger partial charge in [-0.1, -0.05) is 11.6 Å². The van der Waals surface area contributed by atoms with Gasteiger partial charge < -0.3 is 9.47 Å². The van der Waals surface area contributed by atoms with Crippen molar-refractivity contribution in [1.82, 2.24) is 0 Å². The van der Waals surface area contributed by atoms with Gasteiger partial charge in [0.25, 0.3) is 0 Å². The van der Waals surface area contributed by atoms with Gasteiger partial charge >= 0.3 is 11.9 Å². The number of carbonyl (C=O) groups is 2. The summed E-state index contributed by atoms with van der Waals surface area (Å²) in [5.41, 5.74) is 1.13. The van der Waals surface area contributed by atoms with E-state index in [4.69, 9.17) is 9.47 Å². The molecule has 0 aromatic heterocycles. The molecule has 0 aromatic rings. The van der Waals surface area contributed by atoms with Gasteiger partial charge in [-0.25, -0.2) is 0 Å². The van der Waals surface area contributed by atoms with Crippen molar-refractivity contribution in [3.63, 3.8) is 0 Å². The van der Waals surface area contributed by atoms with Crippen LogP contribution in [-0.2, 0) is 19.1 Å². The van der Waals surface area contributed by atoms with Crippen LogP contribution in [0.15, 0.2) is 11.6 Å². The molecule has 96 valence electrons. The number of esters is 2. The van der Waals surface area contributed by atoms with Crippen molar-refractivity contribution in [3.8, 4) is 0 Å². The van der Waals surface area contributed by atoms with Gasteiger partial charge in [-0.15, -0.1) is 0 Å². The van der Waals surface area contributed by atoms with Gasteiger partial charge in [0, 0.05) is 0 Å². The molecule has 0 saturated carbocycles. The van der Waals surface area contributed by atoms with Crippen LogP contribution in [0.1, 0.15) is 33.6 Å². The minimum absolute atomic E-state index is 0.294. The predicted molar refractivity (Wildman–Crippen MR) is 63.2 cm³/mol. The fourth-order valence-corrected chi connectivity index (χ4v) is 2.07. The lowest BCUT2D eigenvalue weighted by molar-refractivity contribution is -0.160. The number of hydrogen-bond acceptors (Lipinski definition) is 4. The summed E-state index contributed by atoms with van der Waals surface area (Å²) in [6, 6.07) is 0. The molecule has 1 rings (SSSR count). The fraction of sp³-hybridized carbons (Fsp3) is 0.692. The normalized spacial score (nSPS) is 23.8. The van der Waals surface area contributed by atoms with Crippen molar-refractivity contribution in [2.24, 2.45) is 11.8 Å². The second-order valence-corrected chi connectivity index (χ2v) is 4.21. The molecule has 1 aliphatic rings. The number of hydrogen-bond donors (Lipinski definition) is 0. The summed E-state index contributed by atoms with van der Waals surface area (Å²) >= 11 is 0. The van der Waals surface area contributed by atoms with E-state index in [1.54, 1.807) is 13.8 Å². The summed E-state index contributed by atoms with van der Waals surface area (Å²) in [7, 11) is 0. The van der Waals surface area contributed by atoms with E-state index in [1.165, 1.54) is 0 Å². The van der Waals surface area contributed by atoms with Gasteiger partial charge in [0.1, 0.15) is 0 Å². The Morgan fingerprint density at radius 2 is 1.71 bits per heavy atom. The molecule has 0 bridgehead atoms. The second-order valence-electron chi connectivity index (χ2n) is 4.21. The van der Waals surface area contributed by atoms with Gasteiger partial charge in [-0.2, -0.15) is 0 Å².